The quantitative estimate of drug-likeness (QED) is 0.769. The fourth-order valence-corrected chi connectivity index (χ4v) is 4.03. The number of benzene rings is 1. The first-order valence-corrected chi connectivity index (χ1v) is 9.16. The maximum absolute atomic E-state index is 13.4. The lowest BCUT2D eigenvalue weighted by atomic mass is 9.44. The van der Waals surface area contributed by atoms with Gasteiger partial charge in [-0.2, -0.15) is 0 Å². The van der Waals surface area contributed by atoms with Crippen molar-refractivity contribution in [3.8, 4) is 5.75 Å². The van der Waals surface area contributed by atoms with Gasteiger partial charge in [-0.1, -0.05) is 11.6 Å². The molecule has 0 atom stereocenters. The minimum Gasteiger partial charge on any atom is -0.484 e. The Morgan fingerprint density at radius 2 is 1.89 bits per heavy atom. The molecule has 0 aliphatic heterocycles. The molecule has 9 heteroatoms. The molecular weight excluding hydrogens is 387 g/mol. The van der Waals surface area contributed by atoms with Crippen molar-refractivity contribution in [2.24, 2.45) is 0 Å². The Kier molecular flexibility index (Phi) is 4.45. The molecule has 3 aliphatic carbocycles. The molecule has 0 spiro atoms. The molecule has 3 saturated carbocycles. The summed E-state index contributed by atoms with van der Waals surface area (Å²) in [5.74, 6) is -0.924. The largest absolute Gasteiger partial charge is 0.484 e. The van der Waals surface area contributed by atoms with Crippen LogP contribution in [0.2, 0.25) is 5.02 Å². The Bertz CT molecular complexity index is 931. The van der Waals surface area contributed by atoms with Crippen LogP contribution in [0.4, 0.5) is 4.39 Å². The van der Waals surface area contributed by atoms with Gasteiger partial charge >= 0.3 is 0 Å². The second-order valence-corrected chi connectivity index (χ2v) is 7.91. The molecular formula is C19H18ClFN4O3. The fourth-order valence-electron chi connectivity index (χ4n) is 3.92. The number of nitrogens with zero attached hydrogens (tertiary/aromatic N) is 2. The number of amides is 2. The Labute approximate surface area is 165 Å². The van der Waals surface area contributed by atoms with Gasteiger partial charge in [-0.15, -0.1) is 0 Å². The van der Waals surface area contributed by atoms with Gasteiger partial charge in [-0.25, -0.2) is 9.37 Å². The van der Waals surface area contributed by atoms with E-state index in [4.69, 9.17) is 16.3 Å². The van der Waals surface area contributed by atoms with Crippen molar-refractivity contribution < 1.29 is 18.7 Å². The third kappa shape index (κ3) is 3.52. The lowest BCUT2D eigenvalue weighted by Crippen LogP contribution is -2.84. The second-order valence-electron chi connectivity index (χ2n) is 7.50. The molecule has 0 unspecified atom stereocenters. The summed E-state index contributed by atoms with van der Waals surface area (Å²) in [6, 6.07) is 4.00. The summed E-state index contributed by atoms with van der Waals surface area (Å²) in [7, 11) is 0. The Morgan fingerprint density at radius 1 is 1.18 bits per heavy atom. The van der Waals surface area contributed by atoms with Crippen LogP contribution in [0.25, 0.3) is 0 Å². The topological polar surface area (TPSA) is 93.2 Å². The van der Waals surface area contributed by atoms with E-state index in [1.54, 1.807) is 13.1 Å². The van der Waals surface area contributed by atoms with E-state index in [0.717, 1.165) is 11.8 Å². The Morgan fingerprint density at radius 3 is 2.54 bits per heavy atom. The van der Waals surface area contributed by atoms with Crippen molar-refractivity contribution in [3.63, 3.8) is 0 Å². The first-order valence-electron chi connectivity index (χ1n) is 8.78. The molecule has 3 aliphatic rings. The zero-order chi connectivity index (χ0) is 19.9. The molecule has 0 saturated heterocycles. The predicted octanol–water partition coefficient (Wildman–Crippen LogP) is 2.18. The standard InChI is InChI=1S/C19H18ClFN4O3/c1-11-5-23-15(6-22-11)17(27)25-19-8-18(9-19,10-19)24-16(26)7-28-12-2-3-13(20)14(21)4-12/h2-6H,7-10H2,1H3,(H,24,26)(H,25,27). The van der Waals surface area contributed by atoms with Crippen LogP contribution in [0.5, 0.6) is 5.75 Å². The number of halogens is 2. The monoisotopic (exact) mass is 404 g/mol. The Balaban J connectivity index is 1.24. The number of hydrogen-bond acceptors (Lipinski definition) is 5. The molecule has 1 heterocycles. The van der Waals surface area contributed by atoms with Crippen LogP contribution in [0.1, 0.15) is 35.4 Å². The van der Waals surface area contributed by atoms with E-state index in [1.165, 1.54) is 18.3 Å². The van der Waals surface area contributed by atoms with E-state index < -0.39 is 5.82 Å². The lowest BCUT2D eigenvalue weighted by Gasteiger charge is -2.70. The van der Waals surface area contributed by atoms with Crippen LogP contribution < -0.4 is 15.4 Å². The van der Waals surface area contributed by atoms with Gasteiger partial charge in [-0.3, -0.25) is 14.6 Å². The summed E-state index contributed by atoms with van der Waals surface area (Å²) in [5.41, 5.74) is 0.416. The van der Waals surface area contributed by atoms with Gasteiger partial charge in [0, 0.05) is 23.3 Å². The minimum absolute atomic E-state index is 0.00497. The highest BCUT2D eigenvalue weighted by molar-refractivity contribution is 6.30. The zero-order valence-corrected chi connectivity index (χ0v) is 15.8. The summed E-state index contributed by atoms with van der Waals surface area (Å²) in [5, 5.41) is 5.92. The number of nitrogens with one attached hydrogen (secondary N) is 2. The predicted molar refractivity (Wildman–Crippen MR) is 98.6 cm³/mol. The van der Waals surface area contributed by atoms with Gasteiger partial charge in [0.25, 0.3) is 11.8 Å². The highest BCUT2D eigenvalue weighted by Gasteiger charge is 2.69. The van der Waals surface area contributed by atoms with Gasteiger partial charge in [0.05, 0.1) is 16.9 Å². The molecule has 1 aromatic heterocycles. The van der Waals surface area contributed by atoms with E-state index in [2.05, 4.69) is 20.6 Å². The van der Waals surface area contributed by atoms with E-state index in [-0.39, 0.29) is 46.0 Å². The van der Waals surface area contributed by atoms with Gasteiger partial charge in [0.1, 0.15) is 17.3 Å². The highest BCUT2D eigenvalue weighted by Crippen LogP contribution is 2.60. The van der Waals surface area contributed by atoms with E-state index in [0.29, 0.717) is 19.3 Å². The molecule has 28 heavy (non-hydrogen) atoms. The number of hydrogen-bond donors (Lipinski definition) is 2. The summed E-state index contributed by atoms with van der Waals surface area (Å²) >= 11 is 5.61. The summed E-state index contributed by atoms with van der Waals surface area (Å²) in [6.07, 6.45) is 4.97. The molecule has 2 aromatic rings. The summed E-state index contributed by atoms with van der Waals surface area (Å²) < 4.78 is 18.7. The summed E-state index contributed by atoms with van der Waals surface area (Å²) in [6.45, 7) is 1.58. The molecule has 2 amide bonds. The molecule has 146 valence electrons. The average molecular weight is 405 g/mol. The van der Waals surface area contributed by atoms with Crippen molar-refractivity contribution in [2.45, 2.75) is 37.3 Å². The first kappa shape index (κ1) is 18.6. The highest BCUT2D eigenvalue weighted by atomic mass is 35.5. The third-order valence-corrected chi connectivity index (χ3v) is 5.39. The Hall–Kier alpha value is -2.74. The SMILES string of the molecule is Cc1cnc(C(=O)NC23CC(NC(=O)COc4ccc(Cl)c(F)c4)(C2)C3)cn1. The lowest BCUT2D eigenvalue weighted by molar-refractivity contribution is -0.141. The van der Waals surface area contributed by atoms with Crippen molar-refractivity contribution >= 4 is 23.4 Å². The molecule has 2 bridgehead atoms. The number of aromatic nitrogens is 2. The van der Waals surface area contributed by atoms with E-state index >= 15 is 0 Å². The number of carbonyl (C=O) groups excluding carboxylic acids is 2. The zero-order valence-electron chi connectivity index (χ0n) is 15.1. The number of ether oxygens (including phenoxy) is 1. The van der Waals surface area contributed by atoms with Crippen molar-refractivity contribution in [2.75, 3.05) is 6.61 Å². The van der Waals surface area contributed by atoms with E-state index in [1.807, 2.05) is 0 Å². The number of rotatable bonds is 6. The van der Waals surface area contributed by atoms with Crippen LogP contribution >= 0.6 is 11.6 Å². The van der Waals surface area contributed by atoms with Gasteiger partial charge < -0.3 is 15.4 Å². The average Bonchev–Trinajstić information content (AvgIpc) is 2.60. The van der Waals surface area contributed by atoms with Crippen LogP contribution in [0.15, 0.2) is 30.6 Å². The molecule has 2 N–H and O–H groups in total. The van der Waals surface area contributed by atoms with Crippen molar-refractivity contribution in [1.29, 1.82) is 0 Å². The second kappa shape index (κ2) is 6.70. The molecule has 1 aromatic carbocycles. The van der Waals surface area contributed by atoms with Gasteiger partial charge in [0.2, 0.25) is 0 Å². The fraction of sp³-hybridized carbons (Fsp3) is 0.368. The van der Waals surface area contributed by atoms with Gasteiger partial charge in [-0.05, 0) is 38.3 Å². The van der Waals surface area contributed by atoms with Crippen molar-refractivity contribution in [1.82, 2.24) is 20.6 Å². The number of aryl methyl sites for hydroxylation is 1. The van der Waals surface area contributed by atoms with Crippen LogP contribution in [-0.2, 0) is 4.79 Å². The molecule has 7 nitrogen and oxygen atoms in total. The van der Waals surface area contributed by atoms with Crippen LogP contribution in [0, 0.1) is 12.7 Å². The maximum Gasteiger partial charge on any atom is 0.271 e. The number of carbonyl (C=O) groups is 2. The van der Waals surface area contributed by atoms with E-state index in [9.17, 15) is 14.0 Å². The third-order valence-electron chi connectivity index (χ3n) is 5.09. The minimum atomic E-state index is -0.602. The normalized spacial score (nSPS) is 24.5. The molecule has 3 fully saturated rings. The smallest absolute Gasteiger partial charge is 0.271 e. The molecule has 5 rings (SSSR count). The maximum atomic E-state index is 13.4. The van der Waals surface area contributed by atoms with Crippen LogP contribution in [-0.4, -0.2) is 39.5 Å². The van der Waals surface area contributed by atoms with Crippen molar-refractivity contribution in [3.05, 3.63) is 52.8 Å². The first-order chi connectivity index (χ1) is 13.3. The van der Waals surface area contributed by atoms with Gasteiger partial charge in [0.15, 0.2) is 6.61 Å². The molecule has 0 radical (unpaired) electrons. The van der Waals surface area contributed by atoms with Crippen LogP contribution in [0.3, 0.4) is 0 Å². The summed E-state index contributed by atoms with van der Waals surface area (Å²) in [4.78, 5) is 32.5.